The Labute approximate surface area is 165 Å². The number of ketones is 1. The molecular formula is C20H23ClN2O3S. The van der Waals surface area contributed by atoms with Gasteiger partial charge in [0.05, 0.1) is 11.4 Å². The van der Waals surface area contributed by atoms with Crippen LogP contribution >= 0.6 is 11.6 Å². The molecule has 1 heterocycles. The molecule has 7 heteroatoms. The van der Waals surface area contributed by atoms with E-state index in [1.807, 2.05) is 0 Å². The van der Waals surface area contributed by atoms with Crippen LogP contribution < -0.4 is 5.32 Å². The maximum atomic E-state index is 12.8. The highest BCUT2D eigenvalue weighted by atomic mass is 35.5. The Bertz CT molecular complexity index is 896. The van der Waals surface area contributed by atoms with Crippen molar-refractivity contribution in [3.05, 3.63) is 59.1 Å². The third-order valence-electron chi connectivity index (χ3n) is 4.73. The molecule has 5 nitrogen and oxygen atoms in total. The molecule has 3 rings (SSSR count). The van der Waals surface area contributed by atoms with E-state index >= 15 is 0 Å². The number of rotatable bonds is 6. The van der Waals surface area contributed by atoms with Crippen LogP contribution in [0.3, 0.4) is 0 Å². The van der Waals surface area contributed by atoms with Gasteiger partial charge < -0.3 is 5.32 Å². The number of anilines is 1. The van der Waals surface area contributed by atoms with Crippen LogP contribution in [-0.2, 0) is 10.0 Å². The number of nitrogens with zero attached hydrogens (tertiary/aromatic N) is 1. The number of carbonyl (C=O) groups excluding carboxylic acids is 1. The third-order valence-corrected chi connectivity index (χ3v) is 6.86. The average molecular weight is 407 g/mol. The third kappa shape index (κ3) is 4.89. The van der Waals surface area contributed by atoms with Crippen molar-refractivity contribution in [3.8, 4) is 0 Å². The maximum absolute atomic E-state index is 12.8. The number of hydrogen-bond acceptors (Lipinski definition) is 4. The van der Waals surface area contributed by atoms with Crippen molar-refractivity contribution >= 4 is 33.1 Å². The molecule has 144 valence electrons. The van der Waals surface area contributed by atoms with Crippen LogP contribution in [0.2, 0.25) is 5.02 Å². The van der Waals surface area contributed by atoms with Gasteiger partial charge in [-0.15, -0.1) is 0 Å². The lowest BCUT2D eigenvalue weighted by atomic mass is 10.0. The zero-order valence-corrected chi connectivity index (χ0v) is 16.8. The highest BCUT2D eigenvalue weighted by Crippen LogP contribution is 2.24. The van der Waals surface area contributed by atoms with Crippen LogP contribution in [0.25, 0.3) is 0 Å². The summed E-state index contributed by atoms with van der Waals surface area (Å²) in [5, 5.41) is 3.61. The first-order valence-corrected chi connectivity index (χ1v) is 10.8. The van der Waals surface area contributed by atoms with Gasteiger partial charge >= 0.3 is 0 Å². The van der Waals surface area contributed by atoms with Crippen LogP contribution in [0.15, 0.2) is 53.4 Å². The smallest absolute Gasteiger partial charge is 0.243 e. The molecule has 2 aromatic carbocycles. The zero-order valence-electron chi connectivity index (χ0n) is 15.2. The molecule has 0 spiro atoms. The minimum Gasteiger partial charge on any atom is -0.378 e. The van der Waals surface area contributed by atoms with Gasteiger partial charge in [0.15, 0.2) is 5.78 Å². The van der Waals surface area contributed by atoms with Crippen LogP contribution in [0, 0.1) is 5.92 Å². The number of Topliss-reactive ketones (excluding diaryl/α,β-unsaturated/α-hetero) is 1. The first-order chi connectivity index (χ1) is 12.9. The number of piperidine rings is 1. The molecule has 27 heavy (non-hydrogen) atoms. The van der Waals surface area contributed by atoms with E-state index in [2.05, 4.69) is 12.2 Å². The predicted octanol–water partition coefficient (Wildman–Crippen LogP) is 4.06. The molecule has 1 aliphatic heterocycles. The van der Waals surface area contributed by atoms with E-state index in [0.717, 1.165) is 12.8 Å². The topological polar surface area (TPSA) is 66.5 Å². The minimum absolute atomic E-state index is 0.0642. The van der Waals surface area contributed by atoms with E-state index in [9.17, 15) is 13.2 Å². The van der Waals surface area contributed by atoms with Gasteiger partial charge in [-0.1, -0.05) is 18.5 Å². The summed E-state index contributed by atoms with van der Waals surface area (Å²) in [5.41, 5.74) is 1.27. The molecule has 1 saturated heterocycles. The monoisotopic (exact) mass is 406 g/mol. The van der Waals surface area contributed by atoms with Crippen molar-refractivity contribution < 1.29 is 13.2 Å². The molecule has 0 radical (unpaired) electrons. The molecular weight excluding hydrogens is 384 g/mol. The van der Waals surface area contributed by atoms with Crippen molar-refractivity contribution in [2.75, 3.05) is 25.0 Å². The number of carbonyl (C=O) groups is 1. The largest absolute Gasteiger partial charge is 0.378 e. The molecule has 0 aliphatic carbocycles. The number of nitrogens with one attached hydrogen (secondary N) is 1. The van der Waals surface area contributed by atoms with Crippen molar-refractivity contribution in [2.24, 2.45) is 5.92 Å². The fourth-order valence-corrected chi connectivity index (χ4v) is 4.90. The highest BCUT2D eigenvalue weighted by molar-refractivity contribution is 7.89. The second-order valence-electron chi connectivity index (χ2n) is 6.92. The van der Waals surface area contributed by atoms with Crippen LogP contribution in [0.1, 0.15) is 30.1 Å². The zero-order chi connectivity index (χ0) is 19.4. The fourth-order valence-electron chi connectivity index (χ4n) is 3.18. The Morgan fingerprint density at radius 1 is 1.15 bits per heavy atom. The van der Waals surface area contributed by atoms with E-state index in [4.69, 9.17) is 11.6 Å². The quantitative estimate of drug-likeness (QED) is 0.735. The van der Waals surface area contributed by atoms with Gasteiger partial charge in [-0.2, -0.15) is 4.31 Å². The Morgan fingerprint density at radius 3 is 2.44 bits per heavy atom. The molecule has 1 N–H and O–H groups in total. The number of sulfonamides is 1. The summed E-state index contributed by atoms with van der Waals surface area (Å²) >= 11 is 5.83. The van der Waals surface area contributed by atoms with Crippen molar-refractivity contribution in [1.29, 1.82) is 0 Å². The van der Waals surface area contributed by atoms with E-state index < -0.39 is 10.0 Å². The number of benzene rings is 2. The molecule has 0 bridgehead atoms. The fraction of sp³-hybridized carbons (Fsp3) is 0.350. The molecule has 1 aliphatic rings. The van der Waals surface area contributed by atoms with Gasteiger partial charge in [-0.3, -0.25) is 4.79 Å². The number of halogens is 1. The number of hydrogen-bond donors (Lipinski definition) is 1. The summed E-state index contributed by atoms with van der Waals surface area (Å²) in [4.78, 5) is 12.5. The molecule has 2 aromatic rings. The molecule has 1 unspecified atom stereocenters. The summed E-state index contributed by atoms with van der Waals surface area (Å²) in [7, 11) is -3.46. The van der Waals surface area contributed by atoms with Crippen molar-refractivity contribution in [3.63, 3.8) is 0 Å². The first kappa shape index (κ1) is 19.9. The summed E-state index contributed by atoms with van der Waals surface area (Å²) < 4.78 is 27.1. The lowest BCUT2D eigenvalue weighted by Crippen LogP contribution is -2.39. The molecule has 0 saturated carbocycles. The average Bonchev–Trinajstić information content (AvgIpc) is 2.67. The van der Waals surface area contributed by atoms with E-state index in [1.54, 1.807) is 52.8 Å². The van der Waals surface area contributed by atoms with Crippen LogP contribution in [0.5, 0.6) is 0 Å². The van der Waals surface area contributed by atoms with Crippen LogP contribution in [0.4, 0.5) is 5.69 Å². The molecule has 1 atom stereocenters. The molecule has 0 amide bonds. The summed E-state index contributed by atoms with van der Waals surface area (Å²) in [6.45, 7) is 3.34. The standard InChI is InChI=1S/C20H23ClN2O3S/c1-15-3-2-12-23(14-15)27(25,26)19-10-8-18(9-11-19)22-13-20(24)16-4-6-17(21)7-5-16/h4-11,15,22H,2-3,12-14H2,1H3. The Morgan fingerprint density at radius 2 is 1.81 bits per heavy atom. The maximum Gasteiger partial charge on any atom is 0.243 e. The second kappa shape index (κ2) is 8.42. The lowest BCUT2D eigenvalue weighted by Gasteiger charge is -2.30. The summed E-state index contributed by atoms with van der Waals surface area (Å²) in [6.07, 6.45) is 1.96. The predicted molar refractivity (Wildman–Crippen MR) is 108 cm³/mol. The SMILES string of the molecule is CC1CCCN(S(=O)(=O)c2ccc(NCC(=O)c3ccc(Cl)cc3)cc2)C1. The lowest BCUT2D eigenvalue weighted by molar-refractivity contribution is 0.101. The van der Waals surface area contributed by atoms with E-state index in [-0.39, 0.29) is 17.2 Å². The van der Waals surface area contributed by atoms with Gasteiger partial charge in [-0.05, 0) is 67.3 Å². The Hall–Kier alpha value is -1.89. The van der Waals surface area contributed by atoms with Gasteiger partial charge in [0.25, 0.3) is 0 Å². The minimum atomic E-state index is -3.46. The summed E-state index contributed by atoms with van der Waals surface area (Å²) in [6, 6.07) is 13.3. The molecule has 0 aromatic heterocycles. The van der Waals surface area contributed by atoms with Gasteiger partial charge in [0.1, 0.15) is 0 Å². The normalized spacial score (nSPS) is 18.2. The van der Waals surface area contributed by atoms with Gasteiger partial charge in [0.2, 0.25) is 10.0 Å². The Kier molecular flexibility index (Phi) is 6.19. The van der Waals surface area contributed by atoms with Crippen molar-refractivity contribution in [1.82, 2.24) is 4.31 Å². The van der Waals surface area contributed by atoms with E-state index in [0.29, 0.717) is 35.3 Å². The molecule has 1 fully saturated rings. The Balaban J connectivity index is 1.63. The first-order valence-electron chi connectivity index (χ1n) is 8.99. The summed E-state index contributed by atoms with van der Waals surface area (Å²) in [5.74, 6) is 0.319. The van der Waals surface area contributed by atoms with E-state index in [1.165, 1.54) is 0 Å². The second-order valence-corrected chi connectivity index (χ2v) is 9.29. The van der Waals surface area contributed by atoms with Crippen molar-refractivity contribution in [2.45, 2.75) is 24.7 Å². The van der Waals surface area contributed by atoms with Crippen LogP contribution in [-0.4, -0.2) is 38.1 Å². The van der Waals surface area contributed by atoms with Gasteiger partial charge in [0, 0.05) is 29.4 Å². The van der Waals surface area contributed by atoms with Gasteiger partial charge in [-0.25, -0.2) is 8.42 Å². The highest BCUT2D eigenvalue weighted by Gasteiger charge is 2.28.